The number of hydrogen-bond acceptors (Lipinski definition) is 1. The van der Waals surface area contributed by atoms with Crippen LogP contribution in [-0.2, 0) is 4.79 Å². The number of hydrogen-bond donors (Lipinski definition) is 1. The third-order valence-corrected chi connectivity index (χ3v) is 3.77. The summed E-state index contributed by atoms with van der Waals surface area (Å²) in [5, 5.41) is 2.91. The summed E-state index contributed by atoms with van der Waals surface area (Å²) in [5.41, 5.74) is 3.57. The van der Waals surface area contributed by atoms with E-state index in [-0.39, 0.29) is 0 Å². The summed E-state index contributed by atoms with van der Waals surface area (Å²) in [6, 6.07) is 6.37. The van der Waals surface area contributed by atoms with E-state index < -0.39 is 0 Å². The minimum atomic E-state index is 0.434. The molecule has 0 radical (unpaired) electrons. The number of benzene rings is 1. The molecule has 0 unspecified atom stereocenters. The summed E-state index contributed by atoms with van der Waals surface area (Å²) in [7, 11) is 0. The lowest BCUT2D eigenvalue weighted by Gasteiger charge is -2.20. The Morgan fingerprint density at radius 1 is 1.24 bits per heavy atom. The summed E-state index contributed by atoms with van der Waals surface area (Å²) in [6.45, 7) is 6.60. The van der Waals surface area contributed by atoms with Crippen LogP contribution in [0.4, 0.5) is 5.69 Å². The molecule has 0 saturated heterocycles. The monoisotopic (exact) mass is 231 g/mol. The molecule has 1 saturated carbocycles. The molecule has 2 heteroatoms. The second-order valence-corrected chi connectivity index (χ2v) is 5.35. The molecule has 1 fully saturated rings. The van der Waals surface area contributed by atoms with E-state index >= 15 is 0 Å². The maximum absolute atomic E-state index is 10.8. The van der Waals surface area contributed by atoms with Crippen LogP contribution in [-0.4, -0.2) is 6.41 Å². The van der Waals surface area contributed by atoms with E-state index in [0.29, 0.717) is 11.8 Å². The highest BCUT2D eigenvalue weighted by Gasteiger charge is 2.30. The van der Waals surface area contributed by atoms with Crippen LogP contribution < -0.4 is 5.32 Å². The highest BCUT2D eigenvalue weighted by Crippen LogP contribution is 2.45. The molecule has 1 amide bonds. The Labute approximate surface area is 103 Å². The quantitative estimate of drug-likeness (QED) is 0.765. The second-order valence-electron chi connectivity index (χ2n) is 5.35. The van der Waals surface area contributed by atoms with Gasteiger partial charge in [0.05, 0.1) is 0 Å². The highest BCUT2D eigenvalue weighted by atomic mass is 16.1. The Hall–Kier alpha value is -1.31. The van der Waals surface area contributed by atoms with Crippen LogP contribution in [0.2, 0.25) is 0 Å². The molecule has 0 aliphatic heterocycles. The van der Waals surface area contributed by atoms with Crippen molar-refractivity contribution in [3.8, 4) is 0 Å². The first-order chi connectivity index (χ1) is 8.15. The van der Waals surface area contributed by atoms with Crippen molar-refractivity contribution in [2.45, 2.75) is 45.4 Å². The third kappa shape index (κ3) is 2.51. The molecule has 0 spiro atoms. The number of carbonyl (C=O) groups is 1. The molecule has 1 aliphatic carbocycles. The topological polar surface area (TPSA) is 29.1 Å². The Morgan fingerprint density at radius 3 is 2.41 bits per heavy atom. The Bertz CT molecular complexity index is 407. The third-order valence-electron chi connectivity index (χ3n) is 3.77. The predicted molar refractivity (Wildman–Crippen MR) is 71.4 cm³/mol. The Morgan fingerprint density at radius 2 is 1.88 bits per heavy atom. The number of amides is 1. The zero-order chi connectivity index (χ0) is 12.4. The number of para-hydroxylation sites is 1. The fraction of sp³-hybridized carbons (Fsp3) is 0.533. The maximum atomic E-state index is 10.8. The molecule has 2 rings (SSSR count). The number of carbonyl (C=O) groups excluding carboxylic acids is 1. The lowest BCUT2D eigenvalue weighted by molar-refractivity contribution is -0.105. The molecule has 1 aromatic rings. The summed E-state index contributed by atoms with van der Waals surface area (Å²) >= 11 is 0. The molecule has 2 nitrogen and oxygen atoms in total. The van der Waals surface area contributed by atoms with Crippen molar-refractivity contribution in [3.63, 3.8) is 0 Å². The molecular formula is C15H21NO. The molecule has 1 N–H and O–H groups in total. The smallest absolute Gasteiger partial charge is 0.211 e. The van der Waals surface area contributed by atoms with Gasteiger partial charge in [0.2, 0.25) is 6.41 Å². The average molecular weight is 231 g/mol. The van der Waals surface area contributed by atoms with Gasteiger partial charge < -0.3 is 5.32 Å². The van der Waals surface area contributed by atoms with E-state index in [2.05, 4.69) is 44.3 Å². The minimum Gasteiger partial charge on any atom is -0.328 e. The van der Waals surface area contributed by atoms with E-state index in [1.54, 1.807) is 0 Å². The van der Waals surface area contributed by atoms with Gasteiger partial charge in [-0.3, -0.25) is 4.79 Å². The van der Waals surface area contributed by atoms with Gasteiger partial charge in [0, 0.05) is 5.69 Å². The van der Waals surface area contributed by atoms with Crippen molar-refractivity contribution in [1.29, 1.82) is 0 Å². The van der Waals surface area contributed by atoms with Gasteiger partial charge in [-0.1, -0.05) is 39.0 Å². The largest absolute Gasteiger partial charge is 0.328 e. The van der Waals surface area contributed by atoms with Crippen molar-refractivity contribution in [2.24, 2.45) is 5.92 Å². The first-order valence-corrected chi connectivity index (χ1v) is 6.48. The van der Waals surface area contributed by atoms with Crippen molar-refractivity contribution in [3.05, 3.63) is 29.3 Å². The van der Waals surface area contributed by atoms with Gasteiger partial charge in [-0.05, 0) is 41.7 Å². The number of rotatable bonds is 5. The van der Waals surface area contributed by atoms with Crippen molar-refractivity contribution >= 4 is 12.1 Å². The fourth-order valence-electron chi connectivity index (χ4n) is 2.53. The molecule has 0 bridgehead atoms. The summed E-state index contributed by atoms with van der Waals surface area (Å²) in [4.78, 5) is 10.8. The van der Waals surface area contributed by atoms with Gasteiger partial charge in [-0.15, -0.1) is 0 Å². The van der Waals surface area contributed by atoms with E-state index in [4.69, 9.17) is 0 Å². The summed E-state index contributed by atoms with van der Waals surface area (Å²) < 4.78 is 0. The SMILES string of the molecule is CC(C)c1cccc([C@H](C)C2CC2)c1NC=O. The lowest BCUT2D eigenvalue weighted by atomic mass is 9.89. The molecule has 92 valence electrons. The summed E-state index contributed by atoms with van der Waals surface area (Å²) in [6.07, 6.45) is 3.45. The number of anilines is 1. The lowest BCUT2D eigenvalue weighted by Crippen LogP contribution is -2.07. The van der Waals surface area contributed by atoms with E-state index in [0.717, 1.165) is 18.0 Å². The van der Waals surface area contributed by atoms with Crippen molar-refractivity contribution in [1.82, 2.24) is 0 Å². The zero-order valence-electron chi connectivity index (χ0n) is 10.9. The van der Waals surface area contributed by atoms with Crippen LogP contribution in [0.5, 0.6) is 0 Å². The normalized spacial score (nSPS) is 16.9. The van der Waals surface area contributed by atoms with E-state index in [1.165, 1.54) is 24.0 Å². The second kappa shape index (κ2) is 4.91. The first kappa shape index (κ1) is 12.2. The van der Waals surface area contributed by atoms with Crippen molar-refractivity contribution < 1.29 is 4.79 Å². The van der Waals surface area contributed by atoms with Crippen LogP contribution in [0.15, 0.2) is 18.2 Å². The molecule has 0 aromatic heterocycles. The predicted octanol–water partition coefficient (Wildman–Crippen LogP) is 3.89. The van der Waals surface area contributed by atoms with Crippen molar-refractivity contribution in [2.75, 3.05) is 5.32 Å². The highest BCUT2D eigenvalue weighted by molar-refractivity contribution is 5.76. The van der Waals surface area contributed by atoms with Gasteiger partial charge in [0.15, 0.2) is 0 Å². The summed E-state index contributed by atoms with van der Waals surface area (Å²) in [5.74, 6) is 1.80. The fourth-order valence-corrected chi connectivity index (χ4v) is 2.53. The molecule has 1 aliphatic rings. The van der Waals surface area contributed by atoms with Crippen LogP contribution in [0.25, 0.3) is 0 Å². The van der Waals surface area contributed by atoms with Crippen LogP contribution in [0, 0.1) is 5.92 Å². The molecule has 1 atom stereocenters. The first-order valence-electron chi connectivity index (χ1n) is 6.48. The van der Waals surface area contributed by atoms with Crippen LogP contribution >= 0.6 is 0 Å². The Balaban J connectivity index is 2.41. The number of nitrogens with one attached hydrogen (secondary N) is 1. The minimum absolute atomic E-state index is 0.434. The zero-order valence-corrected chi connectivity index (χ0v) is 10.9. The van der Waals surface area contributed by atoms with E-state index in [1.807, 2.05) is 0 Å². The van der Waals surface area contributed by atoms with Gasteiger partial charge in [-0.25, -0.2) is 0 Å². The molecule has 17 heavy (non-hydrogen) atoms. The van der Waals surface area contributed by atoms with Gasteiger partial charge in [0.25, 0.3) is 0 Å². The Kier molecular flexibility index (Phi) is 3.51. The molecule has 1 aromatic carbocycles. The van der Waals surface area contributed by atoms with E-state index in [9.17, 15) is 4.79 Å². The average Bonchev–Trinajstić information content (AvgIpc) is 3.12. The maximum Gasteiger partial charge on any atom is 0.211 e. The standard InChI is InChI=1S/C15H21NO/c1-10(2)13-5-4-6-14(15(13)16-9-17)11(3)12-7-8-12/h4-6,9-12H,7-8H2,1-3H3,(H,16,17)/t11-/m1/s1. The van der Waals surface area contributed by atoms with Gasteiger partial charge in [-0.2, -0.15) is 0 Å². The van der Waals surface area contributed by atoms with Crippen LogP contribution in [0.1, 0.15) is 56.6 Å². The molecule has 0 heterocycles. The molecular weight excluding hydrogens is 210 g/mol. The van der Waals surface area contributed by atoms with Gasteiger partial charge >= 0.3 is 0 Å². The van der Waals surface area contributed by atoms with Crippen LogP contribution in [0.3, 0.4) is 0 Å². The van der Waals surface area contributed by atoms with Gasteiger partial charge in [0.1, 0.15) is 0 Å².